The number of amides is 1. The first kappa shape index (κ1) is 17.6. The Labute approximate surface area is 160 Å². The quantitative estimate of drug-likeness (QED) is 0.630. The number of β-amino-alcohol motifs (C(OH)–C–C–N with tert-alkyl or cyclic N) is 1. The number of nitrogens with zero attached hydrogens (tertiary/aromatic N) is 4. The van der Waals surface area contributed by atoms with E-state index >= 15 is 0 Å². The molecule has 4 rings (SSSR count). The maximum atomic E-state index is 13.0. The van der Waals surface area contributed by atoms with Crippen molar-refractivity contribution in [2.75, 3.05) is 24.1 Å². The maximum Gasteiger partial charge on any atom is 0.274 e. The average molecular weight is 384 g/mol. The summed E-state index contributed by atoms with van der Waals surface area (Å²) >= 11 is 1.30. The number of aliphatic hydroxyl groups excluding tert-OH is 1. The van der Waals surface area contributed by atoms with Gasteiger partial charge in [0.2, 0.25) is 5.95 Å². The van der Waals surface area contributed by atoms with Gasteiger partial charge in [0.05, 0.1) is 27.4 Å². The molecule has 3 aromatic rings. The molecule has 0 aliphatic carbocycles. The zero-order chi connectivity index (χ0) is 19.0. The second-order valence-corrected chi connectivity index (χ2v) is 7.69. The molecule has 27 heavy (non-hydrogen) atoms. The van der Waals surface area contributed by atoms with E-state index in [9.17, 15) is 9.90 Å². The molecule has 0 aromatic carbocycles. The van der Waals surface area contributed by atoms with Crippen molar-refractivity contribution in [2.45, 2.75) is 25.5 Å². The van der Waals surface area contributed by atoms with Gasteiger partial charge < -0.3 is 21.1 Å². The first-order valence-corrected chi connectivity index (χ1v) is 9.54. The van der Waals surface area contributed by atoms with Gasteiger partial charge in [-0.2, -0.15) is 0 Å². The van der Waals surface area contributed by atoms with Crippen molar-refractivity contribution >= 4 is 38.4 Å². The van der Waals surface area contributed by atoms with Crippen LogP contribution in [0, 0.1) is 0 Å². The third kappa shape index (κ3) is 3.56. The highest BCUT2D eigenvalue weighted by Crippen LogP contribution is 2.31. The fraction of sp³-hybridized carbons (Fsp3) is 0.333. The summed E-state index contributed by atoms with van der Waals surface area (Å²) in [4.78, 5) is 27.7. The molecule has 4 heterocycles. The Morgan fingerprint density at radius 1 is 1.48 bits per heavy atom. The predicted octanol–water partition coefficient (Wildman–Crippen LogP) is 2.05. The molecule has 140 valence electrons. The minimum absolute atomic E-state index is 0.0799. The number of anilines is 2. The molecule has 8 nitrogen and oxygen atoms in total. The zero-order valence-corrected chi connectivity index (χ0v) is 15.6. The molecule has 9 heteroatoms. The monoisotopic (exact) mass is 384 g/mol. The van der Waals surface area contributed by atoms with Crippen LogP contribution < -0.4 is 11.1 Å². The van der Waals surface area contributed by atoms with Crippen LogP contribution in [0.4, 0.5) is 10.9 Å². The van der Waals surface area contributed by atoms with Crippen LogP contribution >= 0.6 is 11.3 Å². The summed E-state index contributed by atoms with van der Waals surface area (Å²) < 4.78 is 0.665. The molecule has 3 aromatic heterocycles. The van der Waals surface area contributed by atoms with Crippen molar-refractivity contribution in [2.24, 2.45) is 0 Å². The summed E-state index contributed by atoms with van der Waals surface area (Å²) in [5.41, 5.74) is 7.87. The van der Waals surface area contributed by atoms with Crippen LogP contribution in [0.2, 0.25) is 0 Å². The Morgan fingerprint density at radius 2 is 2.33 bits per heavy atom. The topological polar surface area (TPSA) is 117 Å². The molecule has 1 amide bonds. The van der Waals surface area contributed by atoms with Crippen LogP contribution in [-0.2, 0) is 0 Å². The highest BCUT2D eigenvalue weighted by atomic mass is 32.1. The molecule has 0 unspecified atom stereocenters. The largest absolute Gasteiger partial charge is 0.391 e. The zero-order valence-electron chi connectivity index (χ0n) is 14.8. The van der Waals surface area contributed by atoms with Gasteiger partial charge in [-0.15, -0.1) is 11.3 Å². The van der Waals surface area contributed by atoms with E-state index in [1.807, 2.05) is 19.1 Å². The molecule has 0 saturated carbocycles. The van der Waals surface area contributed by atoms with Gasteiger partial charge in [-0.05, 0) is 31.0 Å². The van der Waals surface area contributed by atoms with Gasteiger partial charge in [-0.25, -0.2) is 9.97 Å². The lowest BCUT2D eigenvalue weighted by atomic mass is 10.1. The van der Waals surface area contributed by atoms with E-state index in [4.69, 9.17) is 5.73 Å². The fourth-order valence-electron chi connectivity index (χ4n) is 3.14. The summed E-state index contributed by atoms with van der Waals surface area (Å²) in [6.07, 6.45) is 3.59. The minimum Gasteiger partial charge on any atom is -0.391 e. The Morgan fingerprint density at radius 3 is 3.04 bits per heavy atom. The lowest BCUT2D eigenvalue weighted by molar-refractivity contribution is 0.0761. The Balaban J connectivity index is 1.69. The van der Waals surface area contributed by atoms with Gasteiger partial charge >= 0.3 is 0 Å². The van der Waals surface area contributed by atoms with Gasteiger partial charge in [0.25, 0.3) is 5.91 Å². The number of hydrogen-bond donors (Lipinski definition) is 3. The third-order valence-electron chi connectivity index (χ3n) is 4.57. The third-order valence-corrected chi connectivity index (χ3v) is 5.53. The summed E-state index contributed by atoms with van der Waals surface area (Å²) in [5, 5.41) is 13.6. The average Bonchev–Trinajstić information content (AvgIpc) is 3.26. The van der Waals surface area contributed by atoms with Crippen molar-refractivity contribution in [3.63, 3.8) is 0 Å². The molecule has 1 saturated heterocycles. The highest BCUT2D eigenvalue weighted by molar-refractivity contribution is 7.22. The van der Waals surface area contributed by atoms with E-state index in [1.165, 1.54) is 11.3 Å². The molecule has 0 radical (unpaired) electrons. The van der Waals surface area contributed by atoms with Crippen molar-refractivity contribution in [3.05, 3.63) is 41.9 Å². The van der Waals surface area contributed by atoms with E-state index in [2.05, 4.69) is 20.3 Å². The van der Waals surface area contributed by atoms with Crippen molar-refractivity contribution in [1.82, 2.24) is 19.9 Å². The second-order valence-electron chi connectivity index (χ2n) is 6.61. The number of carbonyl (C=O) groups is 1. The lowest BCUT2D eigenvalue weighted by Gasteiger charge is -2.17. The molecular weight excluding hydrogens is 364 g/mol. The van der Waals surface area contributed by atoms with Crippen molar-refractivity contribution in [1.29, 1.82) is 0 Å². The smallest absolute Gasteiger partial charge is 0.274 e. The second kappa shape index (κ2) is 7.09. The SMILES string of the molecule is C[C@H](Nc1nc(C(=O)N2CC[C@H](O)C2)c2sc(N)cc2n1)c1cccnc1. The molecule has 1 fully saturated rings. The molecule has 4 N–H and O–H groups in total. The number of carbonyl (C=O) groups excluding carboxylic acids is 1. The fourth-order valence-corrected chi connectivity index (χ4v) is 3.99. The van der Waals surface area contributed by atoms with E-state index in [0.29, 0.717) is 46.4 Å². The summed E-state index contributed by atoms with van der Waals surface area (Å²) in [6.45, 7) is 2.81. The number of likely N-dealkylation sites (tertiary alicyclic amines) is 1. The number of fused-ring (bicyclic) bond motifs is 1. The standard InChI is InChI=1S/C18H20N6O2S/c1-10(11-3-2-5-20-8-11)21-18-22-13-7-14(19)27-16(13)15(23-18)17(26)24-6-4-12(25)9-24/h2-3,5,7-8,10,12,25H,4,6,9,19H2,1H3,(H,21,22,23)/t10-,12-/m0/s1. The number of pyridine rings is 1. The van der Waals surface area contributed by atoms with Gasteiger partial charge in [0, 0.05) is 25.5 Å². The normalized spacial score (nSPS) is 18.0. The molecular formula is C18H20N6O2S. The number of nitrogen functional groups attached to an aromatic ring is 1. The van der Waals surface area contributed by atoms with Crippen LogP contribution in [0.1, 0.15) is 35.4 Å². The maximum absolute atomic E-state index is 13.0. The number of hydrogen-bond acceptors (Lipinski definition) is 8. The van der Waals surface area contributed by atoms with Gasteiger partial charge in [0.15, 0.2) is 5.69 Å². The Bertz CT molecular complexity index is 977. The van der Waals surface area contributed by atoms with Crippen molar-refractivity contribution in [3.8, 4) is 0 Å². The number of aliphatic hydroxyl groups is 1. The summed E-state index contributed by atoms with van der Waals surface area (Å²) in [7, 11) is 0. The van der Waals surface area contributed by atoms with E-state index in [1.54, 1.807) is 23.4 Å². The van der Waals surface area contributed by atoms with Crippen LogP contribution in [0.5, 0.6) is 0 Å². The predicted molar refractivity (Wildman–Crippen MR) is 105 cm³/mol. The number of nitrogens with one attached hydrogen (secondary N) is 1. The first-order chi connectivity index (χ1) is 13.0. The van der Waals surface area contributed by atoms with Crippen LogP contribution in [0.15, 0.2) is 30.6 Å². The van der Waals surface area contributed by atoms with Crippen LogP contribution in [0.25, 0.3) is 10.2 Å². The molecule has 1 aliphatic rings. The van der Waals surface area contributed by atoms with E-state index in [0.717, 1.165) is 5.56 Å². The van der Waals surface area contributed by atoms with Crippen LogP contribution in [-0.4, -0.2) is 50.1 Å². The van der Waals surface area contributed by atoms with E-state index < -0.39 is 6.10 Å². The van der Waals surface area contributed by atoms with Gasteiger partial charge in [-0.1, -0.05) is 6.07 Å². The molecule has 2 atom stereocenters. The summed E-state index contributed by atoms with van der Waals surface area (Å²) in [5.74, 6) is 0.151. The summed E-state index contributed by atoms with van der Waals surface area (Å²) in [6, 6.07) is 5.49. The minimum atomic E-state index is -0.483. The molecule has 0 bridgehead atoms. The van der Waals surface area contributed by atoms with Gasteiger partial charge in [0.1, 0.15) is 0 Å². The van der Waals surface area contributed by atoms with Crippen LogP contribution in [0.3, 0.4) is 0 Å². The lowest BCUT2D eigenvalue weighted by Crippen LogP contribution is -2.30. The van der Waals surface area contributed by atoms with Gasteiger partial charge in [-0.3, -0.25) is 9.78 Å². The number of nitrogens with two attached hydrogens (primary N) is 1. The highest BCUT2D eigenvalue weighted by Gasteiger charge is 2.29. The number of aromatic nitrogens is 3. The molecule has 0 spiro atoms. The molecule has 1 aliphatic heterocycles. The number of rotatable bonds is 4. The Hall–Kier alpha value is -2.78. The number of thiophene rings is 1. The first-order valence-electron chi connectivity index (χ1n) is 8.72. The Kier molecular flexibility index (Phi) is 4.63. The van der Waals surface area contributed by atoms with E-state index in [-0.39, 0.29) is 11.9 Å². The van der Waals surface area contributed by atoms with Crippen molar-refractivity contribution < 1.29 is 9.90 Å².